The van der Waals surface area contributed by atoms with Crippen LogP contribution < -0.4 is 14.4 Å². The number of nitrogens with zero attached hydrogens (tertiary/aromatic N) is 2. The highest BCUT2D eigenvalue weighted by atomic mass is 35.5. The summed E-state index contributed by atoms with van der Waals surface area (Å²) in [5, 5.41) is 10.2. The minimum Gasteiger partial charge on any atom is -0.482 e. The summed E-state index contributed by atoms with van der Waals surface area (Å²) in [6, 6.07) is 6.05. The molecule has 0 saturated heterocycles. The van der Waals surface area contributed by atoms with Gasteiger partial charge in [0.25, 0.3) is 6.20 Å². The molecule has 2 aromatic rings. The molecule has 2 aromatic carbocycles. The molecule has 0 amide bonds. The molecule has 11 heteroatoms. The number of benzene rings is 2. The second-order valence-corrected chi connectivity index (χ2v) is 6.97. The highest BCUT2D eigenvalue weighted by Gasteiger charge is 2.33. The molecule has 1 unspecified atom stereocenters. The molecule has 154 valence electrons. The van der Waals surface area contributed by atoms with Gasteiger partial charge in [0.15, 0.2) is 5.75 Å². The van der Waals surface area contributed by atoms with Gasteiger partial charge in [-0.15, -0.1) is 0 Å². The Morgan fingerprint density at radius 3 is 2.41 bits per heavy atom. The number of fused-ring (bicyclic) bond motifs is 1. The molecule has 1 heterocycles. The van der Waals surface area contributed by atoms with Crippen molar-refractivity contribution in [2.75, 3.05) is 11.9 Å². The van der Waals surface area contributed by atoms with Crippen molar-refractivity contribution in [1.29, 1.82) is 0 Å². The summed E-state index contributed by atoms with van der Waals surface area (Å²) >= 11 is 11.9. The molecular formula is C18H13Cl2F3N2O4. The predicted molar refractivity (Wildman–Crippen MR) is 102 cm³/mol. The van der Waals surface area contributed by atoms with Crippen molar-refractivity contribution >= 4 is 28.9 Å². The van der Waals surface area contributed by atoms with Crippen LogP contribution in [0, 0.1) is 10.1 Å². The van der Waals surface area contributed by atoms with Crippen LogP contribution in [-0.2, 0) is 6.18 Å². The van der Waals surface area contributed by atoms with Gasteiger partial charge in [0.05, 0.1) is 26.2 Å². The van der Waals surface area contributed by atoms with E-state index in [1.54, 1.807) is 24.9 Å². The number of anilines is 1. The Balaban J connectivity index is 1.93. The van der Waals surface area contributed by atoms with Crippen LogP contribution in [0.1, 0.15) is 12.5 Å². The predicted octanol–water partition coefficient (Wildman–Crippen LogP) is 6.14. The summed E-state index contributed by atoms with van der Waals surface area (Å²) in [5.41, 5.74) is -0.0904. The standard InChI is InChI=1S/C18H13Cl2F3N2O4/c1-9-15(8-25(26)27)24(2)14-4-3-11(7-16(14)28-9)29-17-12(19)5-10(6-13(17)20)18(21,22)23/h3-9H,1-2H3. The van der Waals surface area contributed by atoms with Gasteiger partial charge in [-0.2, -0.15) is 13.2 Å². The van der Waals surface area contributed by atoms with Gasteiger partial charge >= 0.3 is 6.18 Å². The number of alkyl halides is 3. The minimum absolute atomic E-state index is 0.132. The molecule has 0 saturated carbocycles. The molecular weight excluding hydrogens is 436 g/mol. The first-order chi connectivity index (χ1) is 13.5. The van der Waals surface area contributed by atoms with E-state index < -0.39 is 22.8 Å². The molecule has 6 nitrogen and oxygen atoms in total. The highest BCUT2D eigenvalue weighted by Crippen LogP contribution is 2.44. The van der Waals surface area contributed by atoms with E-state index >= 15 is 0 Å². The molecule has 0 spiro atoms. The monoisotopic (exact) mass is 448 g/mol. The minimum atomic E-state index is -4.60. The molecule has 0 fully saturated rings. The zero-order valence-corrected chi connectivity index (χ0v) is 16.5. The van der Waals surface area contributed by atoms with Crippen molar-refractivity contribution in [2.45, 2.75) is 19.2 Å². The van der Waals surface area contributed by atoms with Gasteiger partial charge in [-0.3, -0.25) is 10.1 Å². The number of nitro groups is 1. The maximum Gasteiger partial charge on any atom is 0.416 e. The molecule has 0 aliphatic carbocycles. The van der Waals surface area contributed by atoms with Gasteiger partial charge in [0.2, 0.25) is 0 Å². The molecule has 29 heavy (non-hydrogen) atoms. The second-order valence-electron chi connectivity index (χ2n) is 6.16. The average molecular weight is 449 g/mol. The molecule has 0 aromatic heterocycles. The lowest BCUT2D eigenvalue weighted by Crippen LogP contribution is -2.34. The second kappa shape index (κ2) is 7.64. The molecule has 1 aliphatic rings. The number of rotatable bonds is 3. The first-order valence-electron chi connectivity index (χ1n) is 8.11. The van der Waals surface area contributed by atoms with Crippen molar-refractivity contribution in [2.24, 2.45) is 0 Å². The fourth-order valence-electron chi connectivity index (χ4n) is 2.83. The Morgan fingerprint density at radius 2 is 1.86 bits per heavy atom. The normalized spacial score (nSPS) is 17.7. The first-order valence-corrected chi connectivity index (χ1v) is 8.86. The Labute approximate surface area is 173 Å². The number of likely N-dealkylation sites (N-methyl/N-ethyl adjacent to an activating group) is 1. The van der Waals surface area contributed by atoms with Crippen molar-refractivity contribution in [3.05, 3.63) is 68.0 Å². The molecule has 0 N–H and O–H groups in total. The van der Waals surface area contributed by atoms with E-state index in [1.807, 2.05) is 0 Å². The Morgan fingerprint density at radius 1 is 1.24 bits per heavy atom. The summed E-state index contributed by atoms with van der Waals surface area (Å²) in [6.45, 7) is 1.64. The first kappa shape index (κ1) is 21.1. The van der Waals surface area contributed by atoms with E-state index in [9.17, 15) is 23.3 Å². The van der Waals surface area contributed by atoms with Crippen LogP contribution in [-0.4, -0.2) is 18.1 Å². The highest BCUT2D eigenvalue weighted by molar-refractivity contribution is 6.37. The lowest BCUT2D eigenvalue weighted by Gasteiger charge is -2.33. The number of hydrogen-bond donors (Lipinski definition) is 0. The molecule has 1 atom stereocenters. The SMILES string of the molecule is CC1Oc2cc(Oc3c(Cl)cc(C(F)(F)F)cc3Cl)ccc2N(C)C1=C[N+](=O)[O-]. The fourth-order valence-corrected chi connectivity index (χ4v) is 3.39. The average Bonchev–Trinajstić information content (AvgIpc) is 2.60. The summed E-state index contributed by atoms with van der Waals surface area (Å²) in [4.78, 5) is 11.8. The van der Waals surface area contributed by atoms with Gasteiger partial charge in [0, 0.05) is 13.1 Å². The van der Waals surface area contributed by atoms with Crippen molar-refractivity contribution in [1.82, 2.24) is 0 Å². The largest absolute Gasteiger partial charge is 0.482 e. The zero-order valence-electron chi connectivity index (χ0n) is 15.0. The topological polar surface area (TPSA) is 64.8 Å². The molecule has 0 bridgehead atoms. The summed E-state index contributed by atoms with van der Waals surface area (Å²) in [7, 11) is 1.65. The Hall–Kier alpha value is -2.65. The number of halogens is 5. The van der Waals surface area contributed by atoms with Crippen LogP contribution in [0.5, 0.6) is 17.2 Å². The van der Waals surface area contributed by atoms with Crippen LogP contribution in [0.25, 0.3) is 0 Å². The molecule has 0 radical (unpaired) electrons. The van der Waals surface area contributed by atoms with Crippen molar-refractivity contribution in [3.63, 3.8) is 0 Å². The smallest absolute Gasteiger partial charge is 0.416 e. The zero-order chi connectivity index (χ0) is 21.5. The van der Waals surface area contributed by atoms with Crippen LogP contribution in [0.2, 0.25) is 10.0 Å². The van der Waals surface area contributed by atoms with Gasteiger partial charge in [-0.25, -0.2) is 0 Å². The van der Waals surface area contributed by atoms with E-state index in [2.05, 4.69) is 0 Å². The van der Waals surface area contributed by atoms with Crippen LogP contribution in [0.15, 0.2) is 42.2 Å². The third kappa shape index (κ3) is 4.35. The summed E-state index contributed by atoms with van der Waals surface area (Å²) in [6.07, 6.45) is -4.34. The van der Waals surface area contributed by atoms with Crippen molar-refractivity contribution < 1.29 is 27.6 Å². The third-order valence-corrected chi connectivity index (χ3v) is 4.74. The van der Waals surface area contributed by atoms with Crippen LogP contribution >= 0.6 is 23.2 Å². The quantitative estimate of drug-likeness (QED) is 0.416. The lowest BCUT2D eigenvalue weighted by atomic mass is 10.1. The van der Waals surface area contributed by atoms with Gasteiger partial charge in [-0.05, 0) is 31.2 Å². The lowest BCUT2D eigenvalue weighted by molar-refractivity contribution is -0.404. The van der Waals surface area contributed by atoms with E-state index in [1.165, 1.54) is 12.1 Å². The number of hydrogen-bond acceptors (Lipinski definition) is 5. The summed E-state index contributed by atoms with van der Waals surface area (Å²) in [5.74, 6) is 0.458. The maximum atomic E-state index is 12.9. The maximum absolute atomic E-state index is 12.9. The third-order valence-electron chi connectivity index (χ3n) is 4.18. The Bertz CT molecular complexity index is 988. The van der Waals surface area contributed by atoms with Crippen LogP contribution in [0.4, 0.5) is 18.9 Å². The van der Waals surface area contributed by atoms with Gasteiger partial charge < -0.3 is 14.4 Å². The summed E-state index contributed by atoms with van der Waals surface area (Å²) < 4.78 is 49.9. The number of ether oxygens (including phenoxy) is 2. The Kier molecular flexibility index (Phi) is 5.55. The van der Waals surface area contributed by atoms with Crippen molar-refractivity contribution in [3.8, 4) is 17.2 Å². The van der Waals surface area contributed by atoms with E-state index in [-0.39, 0.29) is 21.5 Å². The van der Waals surface area contributed by atoms with E-state index in [0.29, 0.717) is 17.1 Å². The molecule has 1 aliphatic heterocycles. The van der Waals surface area contributed by atoms with Gasteiger partial charge in [-0.1, -0.05) is 23.2 Å². The van der Waals surface area contributed by atoms with E-state index in [0.717, 1.165) is 18.3 Å². The van der Waals surface area contributed by atoms with Crippen LogP contribution in [0.3, 0.4) is 0 Å². The van der Waals surface area contributed by atoms with E-state index in [4.69, 9.17) is 32.7 Å². The van der Waals surface area contributed by atoms with Gasteiger partial charge in [0.1, 0.15) is 23.3 Å². The fraction of sp³-hybridized carbons (Fsp3) is 0.222. The molecule has 3 rings (SSSR count).